The Kier molecular flexibility index (Phi) is 5.85. The number of carbonyl (C=O) groups excluding carboxylic acids is 1. The van der Waals surface area contributed by atoms with Gasteiger partial charge < -0.3 is 24.8 Å². The molecule has 0 spiro atoms. The van der Waals surface area contributed by atoms with Crippen LogP contribution in [0.1, 0.15) is 30.5 Å². The average molecular weight is 455 g/mol. The van der Waals surface area contributed by atoms with Crippen LogP contribution in [0.5, 0.6) is 11.5 Å². The maximum atomic E-state index is 14.6. The van der Waals surface area contributed by atoms with E-state index < -0.39 is 35.6 Å². The zero-order valence-corrected chi connectivity index (χ0v) is 16.9. The third kappa shape index (κ3) is 4.43. The van der Waals surface area contributed by atoms with Gasteiger partial charge in [-0.05, 0) is 42.7 Å². The van der Waals surface area contributed by atoms with Gasteiger partial charge in [0.1, 0.15) is 17.0 Å². The number of amides is 2. The first-order valence-electron chi connectivity index (χ1n) is 10.1. The number of ether oxygens (including phenoxy) is 2. The number of pyridine rings is 1. The van der Waals surface area contributed by atoms with E-state index >= 15 is 0 Å². The minimum atomic E-state index is -5.04. The summed E-state index contributed by atoms with van der Waals surface area (Å²) in [5.74, 6) is -1.82. The molecular formula is C21H21F4N3O4. The molecule has 3 heterocycles. The van der Waals surface area contributed by atoms with E-state index in [0.717, 1.165) is 12.1 Å². The summed E-state index contributed by atoms with van der Waals surface area (Å²) in [5, 5.41) is 12.6. The van der Waals surface area contributed by atoms with Crippen molar-refractivity contribution in [3.05, 3.63) is 53.6 Å². The summed E-state index contributed by atoms with van der Waals surface area (Å²) in [6, 6.07) is 5.90. The minimum absolute atomic E-state index is 0.167. The van der Waals surface area contributed by atoms with Crippen molar-refractivity contribution in [2.75, 3.05) is 19.7 Å². The van der Waals surface area contributed by atoms with Crippen molar-refractivity contribution in [2.24, 2.45) is 0 Å². The molecule has 2 amide bonds. The van der Waals surface area contributed by atoms with Crippen LogP contribution in [0.2, 0.25) is 0 Å². The van der Waals surface area contributed by atoms with Crippen LogP contribution in [0.4, 0.5) is 22.4 Å². The molecule has 11 heteroatoms. The van der Waals surface area contributed by atoms with E-state index in [1.165, 1.54) is 17.2 Å². The number of urea groups is 1. The predicted octanol–water partition coefficient (Wildman–Crippen LogP) is 3.31. The van der Waals surface area contributed by atoms with E-state index in [2.05, 4.69) is 15.0 Å². The van der Waals surface area contributed by atoms with Gasteiger partial charge >= 0.3 is 12.4 Å². The predicted molar refractivity (Wildman–Crippen MR) is 104 cm³/mol. The molecule has 1 saturated heterocycles. The van der Waals surface area contributed by atoms with E-state index in [4.69, 9.17) is 4.74 Å². The minimum Gasteiger partial charge on any atom is -0.491 e. The normalized spacial score (nSPS) is 21.5. The Morgan fingerprint density at radius 2 is 2.03 bits per heavy atom. The fourth-order valence-corrected chi connectivity index (χ4v) is 4.04. The molecule has 0 unspecified atom stereocenters. The van der Waals surface area contributed by atoms with Crippen LogP contribution < -0.4 is 14.8 Å². The van der Waals surface area contributed by atoms with Crippen molar-refractivity contribution in [3.8, 4) is 11.5 Å². The summed E-state index contributed by atoms with van der Waals surface area (Å²) in [4.78, 5) is 19.0. The molecule has 4 rings (SSSR count). The number of carbonyl (C=O) groups is 1. The van der Waals surface area contributed by atoms with Gasteiger partial charge in [-0.25, -0.2) is 9.18 Å². The van der Waals surface area contributed by atoms with Gasteiger partial charge in [-0.1, -0.05) is 6.07 Å². The van der Waals surface area contributed by atoms with Crippen molar-refractivity contribution >= 4 is 6.03 Å². The monoisotopic (exact) mass is 455 g/mol. The van der Waals surface area contributed by atoms with Crippen LogP contribution in [0.3, 0.4) is 0 Å². The molecule has 172 valence electrons. The Labute approximate surface area is 181 Å². The first kappa shape index (κ1) is 22.1. The van der Waals surface area contributed by atoms with Crippen molar-refractivity contribution in [3.63, 3.8) is 0 Å². The maximum absolute atomic E-state index is 14.6. The highest BCUT2D eigenvalue weighted by atomic mass is 19.4. The standard InChI is InChI=1S/C21H21F4N3O4/c22-15-12-13(3-4-16(15)32-21(23,24)25)20(7-11-31-17-2-1-8-26-18(17)20)27-19(30)28-9-5-14(29)6-10-28/h1-4,8,12,14,29H,5-7,9-11H2,(H,27,30)/t20-/m0/s1. The van der Waals surface area contributed by atoms with E-state index in [9.17, 15) is 27.5 Å². The Morgan fingerprint density at radius 1 is 1.28 bits per heavy atom. The van der Waals surface area contributed by atoms with Gasteiger partial charge in [0, 0.05) is 25.7 Å². The first-order chi connectivity index (χ1) is 15.2. The number of hydrogen-bond donors (Lipinski definition) is 2. The summed E-state index contributed by atoms with van der Waals surface area (Å²) in [7, 11) is 0. The van der Waals surface area contributed by atoms with E-state index in [1.807, 2.05) is 0 Å². The van der Waals surface area contributed by atoms with Crippen LogP contribution in [0.15, 0.2) is 36.5 Å². The Hall–Kier alpha value is -3.08. The molecule has 7 nitrogen and oxygen atoms in total. The lowest BCUT2D eigenvalue weighted by Crippen LogP contribution is -2.55. The molecular weight excluding hydrogens is 434 g/mol. The number of rotatable bonds is 3. The largest absolute Gasteiger partial charge is 0.573 e. The summed E-state index contributed by atoms with van der Waals surface area (Å²) >= 11 is 0. The Morgan fingerprint density at radius 3 is 2.72 bits per heavy atom. The number of piperidine rings is 1. The van der Waals surface area contributed by atoms with Gasteiger partial charge in [0.2, 0.25) is 0 Å². The number of nitrogens with one attached hydrogen (secondary N) is 1. The van der Waals surface area contributed by atoms with Gasteiger partial charge in [-0.2, -0.15) is 0 Å². The zero-order chi connectivity index (χ0) is 22.9. The molecule has 0 aliphatic carbocycles. The molecule has 0 bridgehead atoms. The lowest BCUT2D eigenvalue weighted by molar-refractivity contribution is -0.275. The third-order valence-electron chi connectivity index (χ3n) is 5.63. The number of halogens is 4. The molecule has 0 saturated carbocycles. The average Bonchev–Trinajstić information content (AvgIpc) is 2.75. The third-order valence-corrected chi connectivity index (χ3v) is 5.63. The van der Waals surface area contributed by atoms with Crippen LogP contribution in [-0.2, 0) is 5.54 Å². The van der Waals surface area contributed by atoms with Crippen molar-refractivity contribution in [1.82, 2.24) is 15.2 Å². The molecule has 32 heavy (non-hydrogen) atoms. The second-order valence-corrected chi connectivity index (χ2v) is 7.70. The molecule has 1 atom stereocenters. The number of aromatic nitrogens is 1. The van der Waals surface area contributed by atoms with Crippen molar-refractivity contribution in [1.29, 1.82) is 0 Å². The molecule has 2 aromatic rings. The van der Waals surface area contributed by atoms with E-state index in [1.54, 1.807) is 12.1 Å². The summed E-state index contributed by atoms with van der Waals surface area (Å²) < 4.78 is 61.6. The highest BCUT2D eigenvalue weighted by Gasteiger charge is 2.44. The number of alkyl halides is 3. The van der Waals surface area contributed by atoms with E-state index in [-0.39, 0.29) is 18.6 Å². The second-order valence-electron chi connectivity index (χ2n) is 7.70. The zero-order valence-electron chi connectivity index (χ0n) is 16.9. The Balaban J connectivity index is 1.73. The molecule has 2 N–H and O–H groups in total. The van der Waals surface area contributed by atoms with Gasteiger partial charge in [-0.3, -0.25) is 4.98 Å². The highest BCUT2D eigenvalue weighted by Crippen LogP contribution is 2.42. The maximum Gasteiger partial charge on any atom is 0.573 e. The fourth-order valence-electron chi connectivity index (χ4n) is 4.04. The van der Waals surface area contributed by atoms with Crippen LogP contribution in [0, 0.1) is 5.82 Å². The number of benzene rings is 1. The molecule has 2 aliphatic rings. The van der Waals surface area contributed by atoms with Gasteiger partial charge in [0.25, 0.3) is 0 Å². The number of likely N-dealkylation sites (tertiary alicyclic amines) is 1. The van der Waals surface area contributed by atoms with Crippen molar-refractivity contribution in [2.45, 2.75) is 37.3 Å². The molecule has 2 aliphatic heterocycles. The topological polar surface area (TPSA) is 83.9 Å². The number of aliphatic hydroxyl groups is 1. The molecule has 1 aromatic carbocycles. The number of fused-ring (bicyclic) bond motifs is 1. The van der Waals surface area contributed by atoms with Gasteiger partial charge in [0.05, 0.1) is 12.7 Å². The molecule has 1 aromatic heterocycles. The SMILES string of the molecule is O=C(N[C@]1(c2ccc(OC(F)(F)F)c(F)c2)CCOc2cccnc21)N1CCC(O)CC1. The quantitative estimate of drug-likeness (QED) is 0.694. The smallest absolute Gasteiger partial charge is 0.491 e. The Bertz CT molecular complexity index is 995. The number of aliphatic hydroxyl groups excluding tert-OH is 1. The molecule has 0 radical (unpaired) electrons. The lowest BCUT2D eigenvalue weighted by atomic mass is 9.81. The van der Waals surface area contributed by atoms with Crippen LogP contribution in [-0.4, -0.2) is 53.2 Å². The van der Waals surface area contributed by atoms with Gasteiger partial charge in [0.15, 0.2) is 11.6 Å². The summed E-state index contributed by atoms with van der Waals surface area (Å²) in [6.07, 6.45) is -3.00. The fraction of sp³-hybridized carbons (Fsp3) is 0.429. The first-order valence-corrected chi connectivity index (χ1v) is 10.1. The number of hydrogen-bond acceptors (Lipinski definition) is 5. The summed E-state index contributed by atoms with van der Waals surface area (Å²) in [5.41, 5.74) is -0.807. The number of nitrogens with zero attached hydrogens (tertiary/aromatic N) is 2. The van der Waals surface area contributed by atoms with Crippen LogP contribution in [0.25, 0.3) is 0 Å². The lowest BCUT2D eigenvalue weighted by Gasteiger charge is -2.41. The van der Waals surface area contributed by atoms with Crippen molar-refractivity contribution < 1.29 is 36.9 Å². The van der Waals surface area contributed by atoms with E-state index in [0.29, 0.717) is 37.4 Å². The highest BCUT2D eigenvalue weighted by molar-refractivity contribution is 5.76. The van der Waals surface area contributed by atoms with Gasteiger partial charge in [-0.15, -0.1) is 13.2 Å². The van der Waals surface area contributed by atoms with Crippen LogP contribution >= 0.6 is 0 Å². The molecule has 1 fully saturated rings. The second kappa shape index (κ2) is 8.45. The summed E-state index contributed by atoms with van der Waals surface area (Å²) in [6.45, 7) is 0.836.